The molecule has 0 saturated carbocycles. The molecule has 382 valence electrons. The Morgan fingerprint density at radius 3 is 1.70 bits per heavy atom. The number of hydrogen-bond acceptors (Lipinski definition) is 16. The fourth-order valence-corrected chi connectivity index (χ4v) is 5.63. The van der Waals surface area contributed by atoms with E-state index in [0.717, 1.165) is 23.8 Å². The maximum Gasteiger partial charge on any atom is 0.339 e. The fourth-order valence-electron chi connectivity index (χ4n) is 5.63. The van der Waals surface area contributed by atoms with Gasteiger partial charge >= 0.3 is 41.8 Å². The molecule has 4 rings (SSSR count). The third-order valence-electron chi connectivity index (χ3n) is 9.41. The molecule has 0 unspecified atom stereocenters. The van der Waals surface area contributed by atoms with Crippen LogP contribution >= 0.6 is 0 Å². The molecule has 0 spiro atoms. The Kier molecular flexibility index (Phi) is 21.4. The number of carbonyl (C=O) groups excluding carboxylic acids is 7. The first-order chi connectivity index (χ1) is 35.2. The Balaban J connectivity index is 1.63. The highest BCUT2D eigenvalue weighted by Gasteiger charge is 2.23. The topological polar surface area (TPSA) is 203 Å². The summed E-state index contributed by atoms with van der Waals surface area (Å²) in [6.45, 7) is 25.5. The average Bonchev–Trinajstić information content (AvgIpc) is 3.35. The third-order valence-corrected chi connectivity index (χ3v) is 9.41. The number of rotatable bonds is 23. The Bertz CT molecular complexity index is 3030. The first-order valence-electron chi connectivity index (χ1n) is 22.4. The summed E-state index contributed by atoms with van der Waals surface area (Å²) in [5.41, 5.74) is 3.06. The van der Waals surface area contributed by atoms with Crippen molar-refractivity contribution >= 4 is 47.9 Å². The van der Waals surface area contributed by atoms with Gasteiger partial charge in [-0.25, -0.2) is 28.8 Å². The summed E-state index contributed by atoms with van der Waals surface area (Å²) < 4.78 is 50.1. The zero-order chi connectivity index (χ0) is 54.5. The monoisotopic (exact) mass is 1010 g/mol. The molecule has 0 amide bonds. The number of carbonyl (C=O) groups is 7. The Morgan fingerprint density at radius 1 is 0.554 bits per heavy atom. The molecule has 0 heterocycles. The lowest BCUT2D eigenvalue weighted by Crippen LogP contribution is -2.14. The Hall–Kier alpha value is -9.57. The molecule has 0 saturated heterocycles. The van der Waals surface area contributed by atoms with Crippen LogP contribution in [0.25, 0.3) is 17.2 Å². The molecule has 0 fully saturated rings. The highest BCUT2D eigenvalue weighted by Crippen LogP contribution is 2.41. The van der Waals surface area contributed by atoms with Crippen molar-refractivity contribution in [2.75, 3.05) is 6.61 Å². The minimum absolute atomic E-state index is 0.0182. The van der Waals surface area contributed by atoms with Crippen LogP contribution in [0.15, 0.2) is 176 Å². The lowest BCUT2D eigenvalue weighted by atomic mass is 10.0. The smallest absolute Gasteiger partial charge is 0.339 e. The number of esters is 7. The summed E-state index contributed by atoms with van der Waals surface area (Å²) in [7, 11) is 0. The van der Waals surface area contributed by atoms with E-state index in [1.165, 1.54) is 87.7 Å². The zero-order valence-corrected chi connectivity index (χ0v) is 41.9. The standard InChI is InChI=1S/C58H54O16/c1-12-38(10)57(64)73-50-31-40(18-16-28-66-43-22-24-44(25-23-43)68-51(59)13-2)30-49(55(50)74-52(60)14-3)70-53(61)19-15-17-39(11)58(65)72-48-33-42(21-27-46(48)69-54(62)29-35(4)5)41-20-26-45(71-56(63)37(8)9)47(32-41)67-34-36(6)7/h12-27,30-34H,2-4,8,28-29H2,1,5-7,9-11H3/b18-16+,19-15+,38-12+,39-17+. The van der Waals surface area contributed by atoms with Crippen molar-refractivity contribution in [3.05, 3.63) is 181 Å². The third kappa shape index (κ3) is 18.0. The van der Waals surface area contributed by atoms with Crippen molar-refractivity contribution < 1.29 is 76.2 Å². The van der Waals surface area contributed by atoms with Gasteiger partial charge in [-0.15, -0.1) is 0 Å². The van der Waals surface area contributed by atoms with Crippen LogP contribution in [0.2, 0.25) is 0 Å². The quantitative estimate of drug-likeness (QED) is 0.0169. The molecule has 74 heavy (non-hydrogen) atoms. The van der Waals surface area contributed by atoms with Gasteiger partial charge in [-0.3, -0.25) is 4.79 Å². The minimum atomic E-state index is -1.01. The largest absolute Gasteiger partial charge is 0.490 e. The van der Waals surface area contributed by atoms with E-state index in [0.29, 0.717) is 28.0 Å². The van der Waals surface area contributed by atoms with E-state index >= 15 is 0 Å². The number of hydrogen-bond donors (Lipinski definition) is 0. The first kappa shape index (κ1) is 57.0. The summed E-state index contributed by atoms with van der Waals surface area (Å²) >= 11 is 0. The predicted octanol–water partition coefficient (Wildman–Crippen LogP) is 11.2. The van der Waals surface area contributed by atoms with E-state index < -0.39 is 47.5 Å². The van der Waals surface area contributed by atoms with Gasteiger partial charge in [0, 0.05) is 34.9 Å². The van der Waals surface area contributed by atoms with Gasteiger partial charge in [0.1, 0.15) is 18.1 Å². The second-order valence-corrected chi connectivity index (χ2v) is 16.1. The van der Waals surface area contributed by atoms with Crippen molar-refractivity contribution in [2.24, 2.45) is 0 Å². The summed E-state index contributed by atoms with van der Waals surface area (Å²) in [5.74, 6) is -5.83. The van der Waals surface area contributed by atoms with Crippen LogP contribution in [0.5, 0.6) is 51.7 Å². The molecule has 0 aromatic heterocycles. The molecule has 0 aliphatic carbocycles. The van der Waals surface area contributed by atoms with Gasteiger partial charge in [-0.2, -0.15) is 0 Å². The SMILES string of the molecule is C=CC(=O)Oc1ccc(OC/C=C/c2cc(OC(=O)/C=C/C=C(\C)C(=O)Oc3cc(-c4ccc(OC(=O)C(=C)C)c(OC=C(C)C)c4)ccc3OC(=O)CC(=C)C)c(OC(=O)C=C)c(OC(=O)/C(C)=C/C)c2)cc1. The lowest BCUT2D eigenvalue weighted by molar-refractivity contribution is -0.135. The predicted molar refractivity (Wildman–Crippen MR) is 276 cm³/mol. The molecule has 16 heteroatoms. The van der Waals surface area contributed by atoms with E-state index in [9.17, 15) is 33.6 Å². The molecule has 16 nitrogen and oxygen atoms in total. The summed E-state index contributed by atoms with van der Waals surface area (Å²) in [4.78, 5) is 89.1. The van der Waals surface area contributed by atoms with E-state index in [1.807, 2.05) is 13.8 Å². The van der Waals surface area contributed by atoms with Crippen molar-refractivity contribution in [1.82, 2.24) is 0 Å². The fraction of sp³-hybridized carbons (Fsp3) is 0.155. The second-order valence-electron chi connectivity index (χ2n) is 16.1. The van der Waals surface area contributed by atoms with Crippen molar-refractivity contribution in [3.8, 4) is 62.9 Å². The van der Waals surface area contributed by atoms with Crippen LogP contribution in [0, 0.1) is 0 Å². The van der Waals surface area contributed by atoms with Crippen LogP contribution in [-0.4, -0.2) is 48.4 Å². The summed E-state index contributed by atoms with van der Waals surface area (Å²) in [6, 6.07) is 18.3. The molecule has 0 aliphatic heterocycles. The molecular weight excluding hydrogens is 953 g/mol. The van der Waals surface area contributed by atoms with Crippen LogP contribution in [0.3, 0.4) is 0 Å². The van der Waals surface area contributed by atoms with Crippen molar-refractivity contribution in [3.63, 3.8) is 0 Å². The van der Waals surface area contributed by atoms with Gasteiger partial charge in [0.05, 0.1) is 12.7 Å². The Morgan fingerprint density at radius 2 is 1.11 bits per heavy atom. The molecule has 4 aromatic rings. The molecule has 0 radical (unpaired) electrons. The van der Waals surface area contributed by atoms with Gasteiger partial charge < -0.3 is 42.6 Å². The normalized spacial score (nSPS) is 11.1. The molecular formula is C58H54O16. The van der Waals surface area contributed by atoms with Crippen LogP contribution in [0.4, 0.5) is 0 Å². The van der Waals surface area contributed by atoms with Crippen LogP contribution in [0.1, 0.15) is 60.5 Å². The molecule has 0 atom stereocenters. The highest BCUT2D eigenvalue weighted by molar-refractivity contribution is 5.93. The lowest BCUT2D eigenvalue weighted by Gasteiger charge is -2.15. The van der Waals surface area contributed by atoms with E-state index in [-0.39, 0.29) is 70.0 Å². The van der Waals surface area contributed by atoms with Crippen molar-refractivity contribution in [2.45, 2.75) is 54.9 Å². The Labute approximate surface area is 428 Å². The molecule has 0 aliphatic rings. The number of benzene rings is 4. The molecule has 0 bridgehead atoms. The van der Waals surface area contributed by atoms with Gasteiger partial charge in [-0.05, 0) is 137 Å². The van der Waals surface area contributed by atoms with Gasteiger partial charge in [0.25, 0.3) is 0 Å². The van der Waals surface area contributed by atoms with Gasteiger partial charge in [-0.1, -0.05) is 68.3 Å². The molecule has 0 N–H and O–H groups in total. The number of ether oxygens (including phenoxy) is 9. The van der Waals surface area contributed by atoms with Gasteiger partial charge in [0.2, 0.25) is 5.75 Å². The maximum absolute atomic E-state index is 13.6. The van der Waals surface area contributed by atoms with E-state index in [2.05, 4.69) is 26.3 Å². The van der Waals surface area contributed by atoms with E-state index in [4.69, 9.17) is 42.6 Å². The average molecular weight is 1010 g/mol. The highest BCUT2D eigenvalue weighted by atomic mass is 16.6. The van der Waals surface area contributed by atoms with Crippen LogP contribution in [-0.2, 0) is 33.6 Å². The van der Waals surface area contributed by atoms with Crippen molar-refractivity contribution in [1.29, 1.82) is 0 Å². The van der Waals surface area contributed by atoms with Gasteiger partial charge in [0.15, 0.2) is 34.5 Å². The first-order valence-corrected chi connectivity index (χ1v) is 22.4. The number of allylic oxidation sites excluding steroid dienone is 4. The summed E-state index contributed by atoms with van der Waals surface area (Å²) in [6.07, 6.45) is 11.3. The minimum Gasteiger partial charge on any atom is -0.490 e. The zero-order valence-electron chi connectivity index (χ0n) is 41.9. The van der Waals surface area contributed by atoms with E-state index in [1.54, 1.807) is 56.3 Å². The summed E-state index contributed by atoms with van der Waals surface area (Å²) in [5, 5.41) is 0. The second kappa shape index (κ2) is 27.7. The maximum atomic E-state index is 13.6. The van der Waals surface area contributed by atoms with Crippen LogP contribution < -0.4 is 42.6 Å². The molecule has 4 aromatic carbocycles.